The van der Waals surface area contributed by atoms with Crippen LogP contribution in [0.15, 0.2) is 46.9 Å². The summed E-state index contributed by atoms with van der Waals surface area (Å²) in [5.74, 6) is 0.158. The normalized spacial score (nSPS) is 16.2. The van der Waals surface area contributed by atoms with Crippen LogP contribution in [0.5, 0.6) is 5.75 Å². The highest BCUT2D eigenvalue weighted by atomic mass is 79.9. The number of benzene rings is 2. The first-order valence-corrected chi connectivity index (χ1v) is 7.99. The Bertz CT molecular complexity index is 708. The minimum atomic E-state index is -0.538. The van der Waals surface area contributed by atoms with Crippen molar-refractivity contribution in [2.45, 2.75) is 19.1 Å². The third kappa shape index (κ3) is 4.01. The number of halogens is 2. The molecule has 2 aromatic carbocycles. The fourth-order valence-electron chi connectivity index (χ4n) is 2.43. The van der Waals surface area contributed by atoms with Crippen molar-refractivity contribution in [3.8, 4) is 5.75 Å². The Labute approximate surface area is 141 Å². The van der Waals surface area contributed by atoms with Gasteiger partial charge in [-0.25, -0.2) is 9.18 Å². The molecular formula is C17H15BrFNO3. The van der Waals surface area contributed by atoms with Crippen molar-refractivity contribution in [1.29, 1.82) is 0 Å². The largest absolute Gasteiger partial charge is 0.491 e. The average Bonchev–Trinajstić information content (AvgIpc) is 2.54. The van der Waals surface area contributed by atoms with Crippen molar-refractivity contribution in [1.82, 2.24) is 5.32 Å². The Hall–Kier alpha value is -2.08. The first-order valence-electron chi connectivity index (χ1n) is 7.20. The van der Waals surface area contributed by atoms with Crippen LogP contribution in [-0.4, -0.2) is 18.7 Å². The highest BCUT2D eigenvalue weighted by molar-refractivity contribution is 9.10. The van der Waals surface area contributed by atoms with Crippen LogP contribution in [0.4, 0.5) is 9.18 Å². The van der Waals surface area contributed by atoms with E-state index in [-0.39, 0.29) is 25.1 Å². The Kier molecular flexibility index (Phi) is 4.81. The zero-order chi connectivity index (χ0) is 16.2. The lowest BCUT2D eigenvalue weighted by molar-refractivity contribution is 0.128. The topological polar surface area (TPSA) is 47.6 Å². The fourth-order valence-corrected chi connectivity index (χ4v) is 2.84. The van der Waals surface area contributed by atoms with Crippen LogP contribution < -0.4 is 10.1 Å². The van der Waals surface area contributed by atoms with Gasteiger partial charge in [0, 0.05) is 16.5 Å². The SMILES string of the molecule is O=C(NC1COc2cc(Br)cc(F)c2C1)OCc1ccccc1. The van der Waals surface area contributed by atoms with Crippen LogP contribution >= 0.6 is 15.9 Å². The number of amides is 1. The van der Waals surface area contributed by atoms with Gasteiger partial charge < -0.3 is 14.8 Å². The zero-order valence-corrected chi connectivity index (χ0v) is 13.8. The monoisotopic (exact) mass is 379 g/mol. The molecule has 0 radical (unpaired) electrons. The molecule has 0 spiro atoms. The van der Waals surface area contributed by atoms with Crippen LogP contribution in [0.1, 0.15) is 11.1 Å². The average molecular weight is 380 g/mol. The summed E-state index contributed by atoms with van der Waals surface area (Å²) in [5.41, 5.74) is 1.37. The summed E-state index contributed by atoms with van der Waals surface area (Å²) in [5, 5.41) is 2.71. The number of carbonyl (C=O) groups is 1. The van der Waals surface area contributed by atoms with E-state index in [2.05, 4.69) is 21.2 Å². The fraction of sp³-hybridized carbons (Fsp3) is 0.235. The molecule has 0 aliphatic carbocycles. The molecule has 1 N–H and O–H groups in total. The minimum Gasteiger partial charge on any atom is -0.491 e. The number of fused-ring (bicyclic) bond motifs is 1. The molecule has 120 valence electrons. The smallest absolute Gasteiger partial charge is 0.407 e. The summed E-state index contributed by atoms with van der Waals surface area (Å²) in [6, 6.07) is 12.2. The molecular weight excluding hydrogens is 365 g/mol. The molecule has 4 nitrogen and oxygen atoms in total. The van der Waals surface area contributed by atoms with Gasteiger partial charge in [-0.2, -0.15) is 0 Å². The molecule has 0 aromatic heterocycles. The van der Waals surface area contributed by atoms with Crippen LogP contribution in [-0.2, 0) is 17.8 Å². The van der Waals surface area contributed by atoms with E-state index >= 15 is 0 Å². The maximum atomic E-state index is 14.0. The molecule has 1 aliphatic heterocycles. The number of ether oxygens (including phenoxy) is 2. The summed E-state index contributed by atoms with van der Waals surface area (Å²) in [7, 11) is 0. The van der Waals surface area contributed by atoms with Crippen LogP contribution in [0.2, 0.25) is 0 Å². The predicted octanol–water partition coefficient (Wildman–Crippen LogP) is 3.82. The summed E-state index contributed by atoms with van der Waals surface area (Å²) < 4.78 is 25.3. The van der Waals surface area contributed by atoms with E-state index in [9.17, 15) is 9.18 Å². The van der Waals surface area contributed by atoms with Gasteiger partial charge in [0.1, 0.15) is 24.8 Å². The number of carbonyl (C=O) groups excluding carboxylic acids is 1. The van der Waals surface area contributed by atoms with Crippen LogP contribution in [0.3, 0.4) is 0 Å². The molecule has 23 heavy (non-hydrogen) atoms. The lowest BCUT2D eigenvalue weighted by Crippen LogP contribution is -2.43. The predicted molar refractivity (Wildman–Crippen MR) is 86.8 cm³/mol. The summed E-state index contributed by atoms with van der Waals surface area (Å²) in [4.78, 5) is 11.8. The molecule has 1 atom stereocenters. The maximum absolute atomic E-state index is 14.0. The molecule has 3 rings (SSSR count). The molecule has 0 bridgehead atoms. The van der Waals surface area contributed by atoms with E-state index in [1.54, 1.807) is 6.07 Å². The molecule has 1 unspecified atom stereocenters. The van der Waals surface area contributed by atoms with Crippen molar-refractivity contribution in [2.75, 3.05) is 6.61 Å². The van der Waals surface area contributed by atoms with Crippen molar-refractivity contribution in [3.63, 3.8) is 0 Å². The standard InChI is InChI=1S/C17H15BrFNO3/c18-12-6-15(19)14-8-13(10-22-16(14)7-12)20-17(21)23-9-11-4-2-1-3-5-11/h1-7,13H,8-10H2,(H,20,21). The Morgan fingerprint density at radius 1 is 1.35 bits per heavy atom. The van der Waals surface area contributed by atoms with Crippen molar-refractivity contribution in [2.24, 2.45) is 0 Å². The van der Waals surface area contributed by atoms with E-state index < -0.39 is 6.09 Å². The first-order chi connectivity index (χ1) is 11.1. The van der Waals surface area contributed by atoms with Crippen molar-refractivity contribution in [3.05, 3.63) is 63.9 Å². The van der Waals surface area contributed by atoms with Gasteiger partial charge in [-0.1, -0.05) is 46.3 Å². The molecule has 1 heterocycles. The van der Waals surface area contributed by atoms with Gasteiger partial charge in [-0.15, -0.1) is 0 Å². The maximum Gasteiger partial charge on any atom is 0.407 e. The van der Waals surface area contributed by atoms with Gasteiger partial charge in [0.2, 0.25) is 0 Å². The Morgan fingerprint density at radius 3 is 2.91 bits per heavy atom. The Balaban J connectivity index is 1.56. The second-order valence-corrected chi connectivity index (χ2v) is 6.20. The van der Waals surface area contributed by atoms with E-state index in [1.165, 1.54) is 6.07 Å². The number of rotatable bonds is 3. The second kappa shape index (κ2) is 7.00. The van der Waals surface area contributed by atoms with Gasteiger partial charge in [-0.3, -0.25) is 0 Å². The zero-order valence-electron chi connectivity index (χ0n) is 12.2. The van der Waals surface area contributed by atoms with Crippen molar-refractivity contribution < 1.29 is 18.7 Å². The summed E-state index contributed by atoms with van der Waals surface area (Å²) in [6.45, 7) is 0.474. The number of hydrogen-bond donors (Lipinski definition) is 1. The summed E-state index contributed by atoms with van der Waals surface area (Å²) in [6.07, 6.45) is -0.169. The van der Waals surface area contributed by atoms with Gasteiger partial charge in [0.15, 0.2) is 0 Å². The molecule has 0 fully saturated rings. The highest BCUT2D eigenvalue weighted by Gasteiger charge is 2.25. The lowest BCUT2D eigenvalue weighted by atomic mass is 10.0. The van der Waals surface area contributed by atoms with E-state index in [4.69, 9.17) is 9.47 Å². The van der Waals surface area contributed by atoms with Gasteiger partial charge in [-0.05, 0) is 17.7 Å². The van der Waals surface area contributed by atoms with Crippen LogP contribution in [0, 0.1) is 5.82 Å². The van der Waals surface area contributed by atoms with Gasteiger partial charge in [0.25, 0.3) is 0 Å². The second-order valence-electron chi connectivity index (χ2n) is 5.28. The third-order valence-electron chi connectivity index (χ3n) is 3.54. The molecule has 6 heteroatoms. The van der Waals surface area contributed by atoms with E-state index in [0.717, 1.165) is 5.56 Å². The highest BCUT2D eigenvalue weighted by Crippen LogP contribution is 2.30. The molecule has 1 amide bonds. The molecule has 2 aromatic rings. The Morgan fingerprint density at radius 2 is 2.13 bits per heavy atom. The number of nitrogens with one attached hydrogen (secondary N) is 1. The number of alkyl carbamates (subject to hydrolysis) is 1. The van der Waals surface area contributed by atoms with E-state index in [0.29, 0.717) is 22.2 Å². The molecule has 0 saturated heterocycles. The van der Waals surface area contributed by atoms with Crippen molar-refractivity contribution >= 4 is 22.0 Å². The van der Waals surface area contributed by atoms with Gasteiger partial charge >= 0.3 is 6.09 Å². The van der Waals surface area contributed by atoms with Gasteiger partial charge in [0.05, 0.1) is 6.04 Å². The molecule has 1 aliphatic rings. The first kappa shape index (κ1) is 15.8. The van der Waals surface area contributed by atoms with E-state index in [1.807, 2.05) is 30.3 Å². The quantitative estimate of drug-likeness (QED) is 0.881. The summed E-state index contributed by atoms with van der Waals surface area (Å²) >= 11 is 3.23. The number of hydrogen-bond acceptors (Lipinski definition) is 3. The van der Waals surface area contributed by atoms with Crippen LogP contribution in [0.25, 0.3) is 0 Å². The molecule has 0 saturated carbocycles. The third-order valence-corrected chi connectivity index (χ3v) is 4.00. The minimum absolute atomic E-state index is 0.193. The lowest BCUT2D eigenvalue weighted by Gasteiger charge is -2.26.